The molecule has 2 nitrogen and oxygen atoms in total. The summed E-state index contributed by atoms with van der Waals surface area (Å²) in [7, 11) is 0. The van der Waals surface area contributed by atoms with Crippen LogP contribution in [0.5, 0.6) is 0 Å². The maximum absolute atomic E-state index is 4.10. The van der Waals surface area contributed by atoms with Gasteiger partial charge in [-0.3, -0.25) is 0 Å². The Hall–Kier alpha value is -0.830. The quantitative estimate of drug-likeness (QED) is 0.404. The third-order valence-electron chi connectivity index (χ3n) is 1.45. The van der Waals surface area contributed by atoms with Gasteiger partial charge in [0.2, 0.25) is 0 Å². The molecule has 0 saturated heterocycles. The van der Waals surface area contributed by atoms with Crippen molar-refractivity contribution in [2.75, 3.05) is 5.75 Å². The van der Waals surface area contributed by atoms with E-state index in [1.807, 2.05) is 6.07 Å². The first-order valence-electron chi connectivity index (χ1n) is 3.89. The molecule has 0 saturated carbocycles. The molecule has 0 atom stereocenters. The van der Waals surface area contributed by atoms with Crippen LogP contribution in [0.15, 0.2) is 35.8 Å². The zero-order chi connectivity index (χ0) is 8.81. The molecule has 0 aliphatic carbocycles. The van der Waals surface area contributed by atoms with Crippen LogP contribution in [-0.4, -0.2) is 15.7 Å². The van der Waals surface area contributed by atoms with E-state index in [0.717, 1.165) is 17.3 Å². The van der Waals surface area contributed by atoms with Gasteiger partial charge in [0.25, 0.3) is 0 Å². The first kappa shape index (κ1) is 9.26. The molecule has 1 aromatic heterocycles. The Kier molecular flexibility index (Phi) is 3.80. The Morgan fingerprint density at radius 2 is 2.17 bits per heavy atom. The van der Waals surface area contributed by atoms with Gasteiger partial charge in [-0.05, 0) is 12.5 Å². The first-order chi connectivity index (χ1) is 5.83. The number of rotatable bonds is 4. The van der Waals surface area contributed by atoms with Crippen LogP contribution in [-0.2, 0) is 0 Å². The second-order valence-electron chi connectivity index (χ2n) is 2.42. The second kappa shape index (κ2) is 4.93. The summed E-state index contributed by atoms with van der Waals surface area (Å²) in [6.45, 7) is 6.02. The lowest BCUT2D eigenvalue weighted by Crippen LogP contribution is -1.87. The molecule has 0 bridgehead atoms. The van der Waals surface area contributed by atoms with Gasteiger partial charge >= 0.3 is 0 Å². The minimum absolute atomic E-state index is 0.826. The lowest BCUT2D eigenvalue weighted by atomic mass is 10.3. The normalized spacial score (nSPS) is 9.75. The molecule has 1 aromatic rings. The summed E-state index contributed by atoms with van der Waals surface area (Å²) in [5, 5.41) is 0.826. The second-order valence-corrected chi connectivity index (χ2v) is 3.37. The molecule has 1 rings (SSSR count). The van der Waals surface area contributed by atoms with Crippen molar-refractivity contribution in [3.05, 3.63) is 30.6 Å². The van der Waals surface area contributed by atoms with Crippen LogP contribution < -0.4 is 0 Å². The smallest absolute Gasteiger partial charge is 0.187 e. The fourth-order valence-electron chi connectivity index (χ4n) is 0.629. The molecule has 0 fully saturated rings. The minimum Gasteiger partial charge on any atom is -0.231 e. The Morgan fingerprint density at radius 3 is 2.75 bits per heavy atom. The topological polar surface area (TPSA) is 25.8 Å². The molecule has 3 heteroatoms. The maximum atomic E-state index is 4.10. The van der Waals surface area contributed by atoms with Gasteiger partial charge in [-0.2, -0.15) is 0 Å². The van der Waals surface area contributed by atoms with Crippen molar-refractivity contribution in [2.24, 2.45) is 0 Å². The van der Waals surface area contributed by atoms with E-state index in [1.165, 1.54) is 5.57 Å². The van der Waals surface area contributed by atoms with Gasteiger partial charge in [0.15, 0.2) is 5.16 Å². The molecule has 0 amide bonds. The summed E-state index contributed by atoms with van der Waals surface area (Å²) in [6, 6.07) is 1.82. The predicted molar refractivity (Wildman–Crippen MR) is 52.2 cm³/mol. The lowest BCUT2D eigenvalue weighted by Gasteiger charge is -1.99. The van der Waals surface area contributed by atoms with Gasteiger partial charge in [-0.25, -0.2) is 9.97 Å². The highest BCUT2D eigenvalue weighted by Gasteiger charge is 1.96. The van der Waals surface area contributed by atoms with Crippen molar-refractivity contribution in [2.45, 2.75) is 18.5 Å². The van der Waals surface area contributed by atoms with Gasteiger partial charge in [-0.1, -0.05) is 30.8 Å². The lowest BCUT2D eigenvalue weighted by molar-refractivity contribution is 0.966. The highest BCUT2D eigenvalue weighted by molar-refractivity contribution is 7.99. The molecule has 0 unspecified atom stereocenters. The van der Waals surface area contributed by atoms with Crippen LogP contribution in [0.3, 0.4) is 0 Å². The summed E-state index contributed by atoms with van der Waals surface area (Å²) in [5.74, 6) is 0.917. The van der Waals surface area contributed by atoms with Gasteiger partial charge in [0.1, 0.15) is 0 Å². The van der Waals surface area contributed by atoms with E-state index in [4.69, 9.17) is 0 Å². The summed E-state index contributed by atoms with van der Waals surface area (Å²) < 4.78 is 0. The highest BCUT2D eigenvalue weighted by atomic mass is 32.2. The Balaban J connectivity index is 2.38. The number of hydrogen-bond donors (Lipinski definition) is 0. The van der Waals surface area contributed by atoms with Crippen molar-refractivity contribution in [1.29, 1.82) is 0 Å². The number of hydrogen-bond acceptors (Lipinski definition) is 3. The van der Waals surface area contributed by atoms with Crippen molar-refractivity contribution in [3.63, 3.8) is 0 Å². The molecule has 1 heterocycles. The van der Waals surface area contributed by atoms with E-state index in [-0.39, 0.29) is 0 Å². The SMILES string of the molecule is C=C(CC)CSc1ncccn1. The summed E-state index contributed by atoms with van der Waals surface area (Å²) in [4.78, 5) is 8.19. The van der Waals surface area contributed by atoms with Crippen LogP contribution in [0.2, 0.25) is 0 Å². The zero-order valence-electron chi connectivity index (χ0n) is 7.16. The average molecular weight is 180 g/mol. The van der Waals surface area contributed by atoms with Crippen LogP contribution in [0, 0.1) is 0 Å². The molecule has 0 N–H and O–H groups in total. The summed E-state index contributed by atoms with van der Waals surface area (Å²) in [6.07, 6.45) is 4.54. The Morgan fingerprint density at radius 1 is 1.50 bits per heavy atom. The van der Waals surface area contributed by atoms with E-state index in [1.54, 1.807) is 24.2 Å². The van der Waals surface area contributed by atoms with E-state index in [0.29, 0.717) is 0 Å². The minimum atomic E-state index is 0.826. The Labute approximate surface area is 77.1 Å². The predicted octanol–water partition coefficient (Wildman–Crippen LogP) is 2.53. The fraction of sp³-hybridized carbons (Fsp3) is 0.333. The third kappa shape index (κ3) is 3.05. The highest BCUT2D eigenvalue weighted by Crippen LogP contribution is 2.15. The summed E-state index contributed by atoms with van der Waals surface area (Å²) in [5.41, 5.74) is 1.23. The largest absolute Gasteiger partial charge is 0.231 e. The third-order valence-corrected chi connectivity index (χ3v) is 2.47. The molecular formula is C9H12N2S. The molecule has 0 aliphatic heterocycles. The standard InChI is InChI=1S/C9H12N2S/c1-3-8(2)7-12-9-10-5-4-6-11-9/h4-6H,2-3,7H2,1H3. The van der Waals surface area contributed by atoms with Crippen LogP contribution in [0.1, 0.15) is 13.3 Å². The monoisotopic (exact) mass is 180 g/mol. The van der Waals surface area contributed by atoms with Gasteiger partial charge in [0.05, 0.1) is 0 Å². The number of aromatic nitrogens is 2. The maximum Gasteiger partial charge on any atom is 0.187 e. The molecule has 0 aromatic carbocycles. The van der Waals surface area contributed by atoms with Gasteiger partial charge in [0, 0.05) is 18.1 Å². The molecular weight excluding hydrogens is 168 g/mol. The van der Waals surface area contributed by atoms with Crippen LogP contribution in [0.4, 0.5) is 0 Å². The van der Waals surface area contributed by atoms with Gasteiger partial charge < -0.3 is 0 Å². The van der Waals surface area contributed by atoms with E-state index < -0.39 is 0 Å². The molecule has 0 spiro atoms. The van der Waals surface area contributed by atoms with Gasteiger partial charge in [-0.15, -0.1) is 0 Å². The number of nitrogens with zero attached hydrogens (tertiary/aromatic N) is 2. The van der Waals surface area contributed by atoms with Crippen LogP contribution >= 0.6 is 11.8 Å². The zero-order valence-corrected chi connectivity index (χ0v) is 7.97. The fourth-order valence-corrected chi connectivity index (χ4v) is 1.44. The molecule has 12 heavy (non-hydrogen) atoms. The van der Waals surface area contributed by atoms with Crippen molar-refractivity contribution < 1.29 is 0 Å². The molecule has 64 valence electrons. The van der Waals surface area contributed by atoms with Crippen molar-refractivity contribution >= 4 is 11.8 Å². The van der Waals surface area contributed by atoms with Crippen molar-refractivity contribution in [3.8, 4) is 0 Å². The van der Waals surface area contributed by atoms with Crippen molar-refractivity contribution in [1.82, 2.24) is 9.97 Å². The Bertz CT molecular complexity index is 246. The average Bonchev–Trinajstić information content (AvgIpc) is 2.16. The first-order valence-corrected chi connectivity index (χ1v) is 4.88. The number of thioether (sulfide) groups is 1. The van der Waals surface area contributed by atoms with E-state index >= 15 is 0 Å². The van der Waals surface area contributed by atoms with Crippen LogP contribution in [0.25, 0.3) is 0 Å². The summed E-state index contributed by atoms with van der Waals surface area (Å²) >= 11 is 1.63. The molecule has 0 aliphatic rings. The van der Waals surface area contributed by atoms with E-state index in [9.17, 15) is 0 Å². The molecule has 0 radical (unpaired) electrons. The van der Waals surface area contributed by atoms with E-state index in [2.05, 4.69) is 23.5 Å².